The van der Waals surface area contributed by atoms with Gasteiger partial charge in [-0.1, -0.05) is 36.4 Å². The van der Waals surface area contributed by atoms with E-state index in [1.165, 1.54) is 5.56 Å². The van der Waals surface area contributed by atoms with Gasteiger partial charge in [-0.25, -0.2) is 0 Å². The molecule has 3 aromatic rings. The number of nitrogens with one attached hydrogen (secondary N) is 1. The Labute approximate surface area is 193 Å². The highest BCUT2D eigenvalue weighted by atomic mass is 32.1. The standard InChI is InChI=1S/C25H30N4O2S/c1-19(20(2)28-12-14-31-15-13-28)26-24(30)11-10-22-18-29(17-21-7-4-3-5-8-21)27-25(22)23-9-6-16-32-23/h3-11,16,18-20H,12-15,17H2,1-2H3,(H,26,30). The van der Waals surface area contributed by atoms with E-state index in [0.717, 1.165) is 42.4 Å². The molecule has 1 aliphatic rings. The monoisotopic (exact) mass is 450 g/mol. The minimum Gasteiger partial charge on any atom is -0.379 e. The number of aromatic nitrogens is 2. The second-order valence-corrected chi connectivity index (χ2v) is 9.06. The zero-order chi connectivity index (χ0) is 22.3. The van der Waals surface area contributed by atoms with Crippen molar-refractivity contribution >= 4 is 23.3 Å². The molecule has 0 aliphatic carbocycles. The summed E-state index contributed by atoms with van der Waals surface area (Å²) in [6.07, 6.45) is 5.49. The van der Waals surface area contributed by atoms with Gasteiger partial charge in [0, 0.05) is 43.0 Å². The van der Waals surface area contributed by atoms with Crippen molar-refractivity contribution in [2.24, 2.45) is 0 Å². The van der Waals surface area contributed by atoms with Crippen molar-refractivity contribution in [1.29, 1.82) is 0 Å². The maximum absolute atomic E-state index is 12.6. The second-order valence-electron chi connectivity index (χ2n) is 8.11. The molecule has 2 aromatic heterocycles. The van der Waals surface area contributed by atoms with Crippen LogP contribution in [-0.4, -0.2) is 59.0 Å². The molecular formula is C25H30N4O2S. The molecule has 1 saturated heterocycles. The highest BCUT2D eigenvalue weighted by Gasteiger charge is 2.22. The summed E-state index contributed by atoms with van der Waals surface area (Å²) in [6, 6.07) is 14.6. The molecule has 0 radical (unpaired) electrons. The number of morpholine rings is 1. The Morgan fingerprint density at radius 2 is 1.97 bits per heavy atom. The van der Waals surface area contributed by atoms with Gasteiger partial charge in [0.25, 0.3) is 0 Å². The third-order valence-corrected chi connectivity index (χ3v) is 6.74. The Balaban J connectivity index is 1.45. The molecule has 3 heterocycles. The lowest BCUT2D eigenvalue weighted by Crippen LogP contribution is -2.51. The molecular weight excluding hydrogens is 420 g/mol. The minimum atomic E-state index is -0.0921. The summed E-state index contributed by atoms with van der Waals surface area (Å²) in [4.78, 5) is 16.1. The van der Waals surface area contributed by atoms with E-state index in [2.05, 4.69) is 42.3 Å². The first-order valence-corrected chi connectivity index (χ1v) is 11.9. The number of hydrogen-bond donors (Lipinski definition) is 1. The molecule has 2 atom stereocenters. The first-order valence-electron chi connectivity index (χ1n) is 11.1. The largest absolute Gasteiger partial charge is 0.379 e. The summed E-state index contributed by atoms with van der Waals surface area (Å²) >= 11 is 1.65. The number of benzene rings is 1. The van der Waals surface area contributed by atoms with E-state index in [-0.39, 0.29) is 18.0 Å². The van der Waals surface area contributed by atoms with Gasteiger partial charge >= 0.3 is 0 Å². The fraction of sp³-hybridized carbons (Fsp3) is 0.360. The first-order chi connectivity index (χ1) is 15.6. The van der Waals surface area contributed by atoms with Crippen LogP contribution in [0.5, 0.6) is 0 Å². The molecule has 1 fully saturated rings. The quantitative estimate of drug-likeness (QED) is 0.529. The van der Waals surface area contributed by atoms with Crippen LogP contribution >= 0.6 is 11.3 Å². The van der Waals surface area contributed by atoms with E-state index < -0.39 is 0 Å². The van der Waals surface area contributed by atoms with Crippen molar-refractivity contribution in [1.82, 2.24) is 20.0 Å². The van der Waals surface area contributed by atoms with Crippen LogP contribution in [-0.2, 0) is 16.1 Å². The molecule has 1 aliphatic heterocycles. The number of carbonyl (C=O) groups is 1. The molecule has 0 spiro atoms. The van der Waals surface area contributed by atoms with Gasteiger partial charge in [0.15, 0.2) is 0 Å². The molecule has 1 amide bonds. The predicted octanol–water partition coefficient (Wildman–Crippen LogP) is 3.90. The Bertz CT molecular complexity index is 1020. The normalized spacial score (nSPS) is 16.8. The number of ether oxygens (including phenoxy) is 1. The summed E-state index contributed by atoms with van der Waals surface area (Å²) in [5.74, 6) is -0.0921. The first kappa shape index (κ1) is 22.5. The molecule has 0 saturated carbocycles. The van der Waals surface area contributed by atoms with Gasteiger partial charge < -0.3 is 10.1 Å². The van der Waals surface area contributed by atoms with Crippen LogP contribution < -0.4 is 5.32 Å². The lowest BCUT2D eigenvalue weighted by Gasteiger charge is -2.35. The van der Waals surface area contributed by atoms with Crippen LogP contribution in [0, 0.1) is 0 Å². The number of nitrogens with zero attached hydrogens (tertiary/aromatic N) is 3. The molecule has 2 unspecified atom stereocenters. The van der Waals surface area contributed by atoms with Crippen molar-refractivity contribution < 1.29 is 9.53 Å². The predicted molar refractivity (Wildman–Crippen MR) is 130 cm³/mol. The Hall–Kier alpha value is -2.74. The van der Waals surface area contributed by atoms with E-state index in [4.69, 9.17) is 9.84 Å². The summed E-state index contributed by atoms with van der Waals surface area (Å²) < 4.78 is 7.37. The zero-order valence-electron chi connectivity index (χ0n) is 18.6. The summed E-state index contributed by atoms with van der Waals surface area (Å²) in [6.45, 7) is 8.22. The third kappa shape index (κ3) is 5.73. The van der Waals surface area contributed by atoms with Gasteiger partial charge in [0.1, 0.15) is 5.69 Å². The highest BCUT2D eigenvalue weighted by Crippen LogP contribution is 2.27. The Morgan fingerprint density at radius 1 is 1.19 bits per heavy atom. The van der Waals surface area contributed by atoms with Gasteiger partial charge in [0.2, 0.25) is 5.91 Å². The molecule has 32 heavy (non-hydrogen) atoms. The number of amides is 1. The van der Waals surface area contributed by atoms with E-state index in [1.807, 2.05) is 46.6 Å². The summed E-state index contributed by atoms with van der Waals surface area (Å²) in [5, 5.41) is 9.96. The van der Waals surface area contributed by atoms with E-state index in [0.29, 0.717) is 6.54 Å². The van der Waals surface area contributed by atoms with Crippen molar-refractivity contribution in [2.75, 3.05) is 26.3 Å². The number of rotatable bonds is 8. The lowest BCUT2D eigenvalue weighted by atomic mass is 10.1. The summed E-state index contributed by atoms with van der Waals surface area (Å²) in [7, 11) is 0. The average Bonchev–Trinajstić information content (AvgIpc) is 3.48. The van der Waals surface area contributed by atoms with Crippen LogP contribution in [0.1, 0.15) is 25.0 Å². The SMILES string of the molecule is CC(NC(=O)C=Cc1cn(Cc2ccccc2)nc1-c1cccs1)C(C)N1CCOCC1. The van der Waals surface area contributed by atoms with Crippen molar-refractivity contribution in [3.8, 4) is 10.6 Å². The van der Waals surface area contributed by atoms with Crippen molar-refractivity contribution in [2.45, 2.75) is 32.5 Å². The molecule has 4 rings (SSSR count). The second kappa shape index (κ2) is 10.7. The molecule has 6 nitrogen and oxygen atoms in total. The Kier molecular flexibility index (Phi) is 7.52. The topological polar surface area (TPSA) is 59.4 Å². The van der Waals surface area contributed by atoms with Crippen molar-refractivity contribution in [3.63, 3.8) is 0 Å². The molecule has 1 N–H and O–H groups in total. The molecule has 168 valence electrons. The van der Waals surface area contributed by atoms with Crippen LogP contribution in [0.25, 0.3) is 16.6 Å². The molecule has 1 aromatic carbocycles. The zero-order valence-corrected chi connectivity index (χ0v) is 19.4. The fourth-order valence-electron chi connectivity index (χ4n) is 3.87. The lowest BCUT2D eigenvalue weighted by molar-refractivity contribution is -0.117. The van der Waals surface area contributed by atoms with Gasteiger partial charge in [-0.15, -0.1) is 11.3 Å². The number of carbonyl (C=O) groups excluding carboxylic acids is 1. The Morgan fingerprint density at radius 3 is 2.69 bits per heavy atom. The molecule has 0 bridgehead atoms. The number of hydrogen-bond acceptors (Lipinski definition) is 5. The number of thiophene rings is 1. The van der Waals surface area contributed by atoms with E-state index in [1.54, 1.807) is 17.4 Å². The van der Waals surface area contributed by atoms with Crippen LogP contribution in [0.2, 0.25) is 0 Å². The van der Waals surface area contributed by atoms with Crippen LogP contribution in [0.3, 0.4) is 0 Å². The third-order valence-electron chi connectivity index (χ3n) is 5.86. The molecule has 7 heteroatoms. The van der Waals surface area contributed by atoms with Crippen molar-refractivity contribution in [3.05, 3.63) is 71.2 Å². The minimum absolute atomic E-state index is 0.0443. The maximum atomic E-state index is 12.6. The van der Waals surface area contributed by atoms with Gasteiger partial charge in [-0.05, 0) is 36.9 Å². The highest BCUT2D eigenvalue weighted by molar-refractivity contribution is 7.13. The maximum Gasteiger partial charge on any atom is 0.244 e. The smallest absolute Gasteiger partial charge is 0.244 e. The average molecular weight is 451 g/mol. The van der Waals surface area contributed by atoms with Crippen LogP contribution in [0.4, 0.5) is 0 Å². The van der Waals surface area contributed by atoms with Gasteiger partial charge in [-0.2, -0.15) is 5.10 Å². The van der Waals surface area contributed by atoms with Crippen LogP contribution in [0.15, 0.2) is 60.1 Å². The van der Waals surface area contributed by atoms with Gasteiger partial charge in [0.05, 0.1) is 24.6 Å². The summed E-state index contributed by atoms with van der Waals surface area (Å²) in [5.41, 5.74) is 3.02. The van der Waals surface area contributed by atoms with E-state index in [9.17, 15) is 4.79 Å². The van der Waals surface area contributed by atoms with E-state index >= 15 is 0 Å². The fourth-order valence-corrected chi connectivity index (χ4v) is 4.61. The van der Waals surface area contributed by atoms with Gasteiger partial charge in [-0.3, -0.25) is 14.4 Å².